The summed E-state index contributed by atoms with van der Waals surface area (Å²) in [5.41, 5.74) is 3.16. The first kappa shape index (κ1) is 12.6. The third-order valence-corrected chi connectivity index (χ3v) is 3.31. The first-order valence-electron chi connectivity index (χ1n) is 6.61. The van der Waals surface area contributed by atoms with Crippen molar-refractivity contribution in [3.8, 4) is 0 Å². The third kappa shape index (κ3) is 2.78. The summed E-state index contributed by atoms with van der Waals surface area (Å²) in [6.45, 7) is 0.825. The van der Waals surface area contributed by atoms with E-state index in [-0.39, 0.29) is 6.61 Å². The average molecular weight is 264 g/mol. The van der Waals surface area contributed by atoms with Crippen LogP contribution < -0.4 is 5.32 Å². The van der Waals surface area contributed by atoms with Gasteiger partial charge in [0.25, 0.3) is 0 Å². The van der Waals surface area contributed by atoms with Crippen LogP contribution in [0.1, 0.15) is 11.1 Å². The van der Waals surface area contributed by atoms with Gasteiger partial charge in [-0.1, -0.05) is 24.3 Å². The largest absolute Gasteiger partial charge is 0.392 e. The maximum absolute atomic E-state index is 9.13. The summed E-state index contributed by atoms with van der Waals surface area (Å²) >= 11 is 0. The molecule has 0 fully saturated rings. The maximum atomic E-state index is 9.13. The topological polar surface area (TPSA) is 45.1 Å². The van der Waals surface area contributed by atoms with Gasteiger partial charge >= 0.3 is 0 Å². The van der Waals surface area contributed by atoms with E-state index < -0.39 is 0 Å². The molecule has 1 heterocycles. The zero-order chi connectivity index (χ0) is 13.8. The normalized spacial score (nSPS) is 10.7. The molecule has 0 spiro atoms. The smallest absolute Gasteiger partial charge is 0.0682 e. The number of hydrogen-bond donors (Lipinski definition) is 2. The van der Waals surface area contributed by atoms with Gasteiger partial charge in [-0.3, -0.25) is 4.98 Å². The minimum Gasteiger partial charge on any atom is -0.392 e. The lowest BCUT2D eigenvalue weighted by atomic mass is 10.1. The van der Waals surface area contributed by atoms with E-state index >= 15 is 0 Å². The van der Waals surface area contributed by atoms with E-state index in [2.05, 4.69) is 28.5 Å². The molecule has 0 amide bonds. The van der Waals surface area contributed by atoms with Crippen molar-refractivity contribution < 1.29 is 5.11 Å². The minimum absolute atomic E-state index is 0.0680. The lowest BCUT2D eigenvalue weighted by molar-refractivity contribution is 0.282. The van der Waals surface area contributed by atoms with E-state index in [1.165, 1.54) is 10.9 Å². The number of hydrogen-bond acceptors (Lipinski definition) is 3. The van der Waals surface area contributed by atoms with Gasteiger partial charge in [0, 0.05) is 30.0 Å². The molecule has 0 radical (unpaired) electrons. The molecule has 0 bridgehead atoms. The van der Waals surface area contributed by atoms with Gasteiger partial charge in [-0.2, -0.15) is 0 Å². The fourth-order valence-electron chi connectivity index (χ4n) is 2.23. The molecule has 2 aromatic carbocycles. The Bertz CT molecular complexity index is 725. The van der Waals surface area contributed by atoms with E-state index in [9.17, 15) is 0 Å². The van der Waals surface area contributed by atoms with Crippen LogP contribution in [-0.2, 0) is 13.2 Å². The quantitative estimate of drug-likeness (QED) is 0.759. The highest BCUT2D eigenvalue weighted by molar-refractivity contribution is 5.82. The van der Waals surface area contributed by atoms with E-state index in [0.29, 0.717) is 0 Å². The molecule has 3 rings (SSSR count). The van der Waals surface area contributed by atoms with Crippen LogP contribution >= 0.6 is 0 Å². The molecule has 3 nitrogen and oxygen atoms in total. The second-order valence-electron chi connectivity index (χ2n) is 4.77. The van der Waals surface area contributed by atoms with Crippen LogP contribution in [0.15, 0.2) is 60.9 Å². The summed E-state index contributed by atoms with van der Waals surface area (Å²) in [5.74, 6) is 0. The van der Waals surface area contributed by atoms with Crippen molar-refractivity contribution in [2.45, 2.75) is 13.2 Å². The molecule has 0 saturated carbocycles. The van der Waals surface area contributed by atoms with Crippen molar-refractivity contribution >= 4 is 16.5 Å². The molecule has 1 aromatic heterocycles. The Balaban J connectivity index is 1.76. The SMILES string of the molecule is OCc1cccc(NCc2ccc3cnccc3c2)c1. The van der Waals surface area contributed by atoms with Crippen LogP contribution in [0.2, 0.25) is 0 Å². The molecule has 20 heavy (non-hydrogen) atoms. The van der Waals surface area contributed by atoms with Crippen molar-refractivity contribution in [2.24, 2.45) is 0 Å². The molecule has 0 atom stereocenters. The standard InChI is InChI=1S/C17H16N2O/c20-12-14-2-1-3-17(9-14)19-10-13-4-5-16-11-18-7-6-15(16)8-13/h1-9,11,19-20H,10,12H2. The molecule has 3 aromatic rings. The van der Waals surface area contributed by atoms with Crippen molar-refractivity contribution in [1.82, 2.24) is 4.98 Å². The van der Waals surface area contributed by atoms with Gasteiger partial charge in [0.1, 0.15) is 0 Å². The highest BCUT2D eigenvalue weighted by Gasteiger charge is 1.98. The summed E-state index contributed by atoms with van der Waals surface area (Å²) < 4.78 is 0. The number of aliphatic hydroxyl groups excluding tert-OH is 1. The first-order valence-corrected chi connectivity index (χ1v) is 6.61. The van der Waals surface area contributed by atoms with E-state index in [0.717, 1.165) is 23.2 Å². The Morgan fingerprint density at radius 2 is 1.90 bits per heavy atom. The summed E-state index contributed by atoms with van der Waals surface area (Å²) in [6.07, 6.45) is 3.68. The van der Waals surface area contributed by atoms with Gasteiger partial charge < -0.3 is 10.4 Å². The molecular weight excluding hydrogens is 248 g/mol. The summed E-state index contributed by atoms with van der Waals surface area (Å²) in [7, 11) is 0. The Kier molecular flexibility index (Phi) is 3.61. The van der Waals surface area contributed by atoms with Gasteiger partial charge in [-0.15, -0.1) is 0 Å². The van der Waals surface area contributed by atoms with Crippen LogP contribution in [0.25, 0.3) is 10.8 Å². The van der Waals surface area contributed by atoms with Crippen molar-refractivity contribution in [3.05, 3.63) is 72.1 Å². The minimum atomic E-state index is 0.0680. The fraction of sp³-hybridized carbons (Fsp3) is 0.118. The monoisotopic (exact) mass is 264 g/mol. The predicted molar refractivity (Wildman–Crippen MR) is 81.4 cm³/mol. The number of fused-ring (bicyclic) bond motifs is 1. The van der Waals surface area contributed by atoms with Gasteiger partial charge in [0.2, 0.25) is 0 Å². The van der Waals surface area contributed by atoms with Crippen molar-refractivity contribution in [1.29, 1.82) is 0 Å². The zero-order valence-corrected chi connectivity index (χ0v) is 11.1. The molecule has 0 saturated heterocycles. The molecule has 2 N–H and O–H groups in total. The van der Waals surface area contributed by atoms with Gasteiger partial charge in [0.15, 0.2) is 0 Å². The Labute approximate surface area is 117 Å². The van der Waals surface area contributed by atoms with Crippen molar-refractivity contribution in [2.75, 3.05) is 5.32 Å². The highest BCUT2D eigenvalue weighted by Crippen LogP contribution is 2.16. The van der Waals surface area contributed by atoms with E-state index in [1.807, 2.05) is 42.7 Å². The second-order valence-corrected chi connectivity index (χ2v) is 4.77. The number of anilines is 1. The number of rotatable bonds is 4. The van der Waals surface area contributed by atoms with Crippen LogP contribution in [0, 0.1) is 0 Å². The fourth-order valence-corrected chi connectivity index (χ4v) is 2.23. The number of pyridine rings is 1. The van der Waals surface area contributed by atoms with E-state index in [1.54, 1.807) is 0 Å². The Morgan fingerprint density at radius 3 is 2.80 bits per heavy atom. The molecule has 0 aliphatic heterocycles. The Morgan fingerprint density at radius 1 is 0.950 bits per heavy atom. The van der Waals surface area contributed by atoms with Crippen LogP contribution in [0.3, 0.4) is 0 Å². The summed E-state index contributed by atoms with van der Waals surface area (Å²) in [4.78, 5) is 4.12. The summed E-state index contributed by atoms with van der Waals surface area (Å²) in [6, 6.07) is 16.2. The van der Waals surface area contributed by atoms with Gasteiger partial charge in [0.05, 0.1) is 6.61 Å². The maximum Gasteiger partial charge on any atom is 0.0682 e. The van der Waals surface area contributed by atoms with Crippen LogP contribution in [0.5, 0.6) is 0 Å². The number of aromatic nitrogens is 1. The average Bonchev–Trinajstić information content (AvgIpc) is 2.53. The van der Waals surface area contributed by atoms with Crippen LogP contribution in [0.4, 0.5) is 5.69 Å². The summed E-state index contributed by atoms with van der Waals surface area (Å²) in [5, 5.41) is 14.9. The number of benzene rings is 2. The number of nitrogens with one attached hydrogen (secondary N) is 1. The van der Waals surface area contributed by atoms with E-state index in [4.69, 9.17) is 5.11 Å². The molecule has 0 aliphatic rings. The van der Waals surface area contributed by atoms with Crippen molar-refractivity contribution in [3.63, 3.8) is 0 Å². The predicted octanol–water partition coefficient (Wildman–Crippen LogP) is 3.34. The first-order chi connectivity index (χ1) is 9.85. The molecular formula is C17H16N2O. The van der Waals surface area contributed by atoms with Crippen LogP contribution in [-0.4, -0.2) is 10.1 Å². The number of nitrogens with zero attached hydrogens (tertiary/aromatic N) is 1. The Hall–Kier alpha value is -2.39. The molecule has 3 heteroatoms. The molecule has 100 valence electrons. The van der Waals surface area contributed by atoms with Gasteiger partial charge in [-0.25, -0.2) is 0 Å². The highest BCUT2D eigenvalue weighted by atomic mass is 16.3. The molecule has 0 unspecified atom stereocenters. The molecule has 0 aliphatic carbocycles. The third-order valence-electron chi connectivity index (χ3n) is 3.31. The van der Waals surface area contributed by atoms with Gasteiger partial charge in [-0.05, 0) is 40.8 Å². The number of aliphatic hydroxyl groups is 1. The zero-order valence-electron chi connectivity index (χ0n) is 11.1. The lowest BCUT2D eigenvalue weighted by Crippen LogP contribution is -1.99. The lowest BCUT2D eigenvalue weighted by Gasteiger charge is -2.08. The second kappa shape index (κ2) is 5.72.